The number of benzene rings is 1. The SMILES string of the molecule is CCCCCOc1ccc(C(=O)NC(C)c2ccncc2)cc1. The molecule has 0 aliphatic carbocycles. The average molecular weight is 312 g/mol. The third kappa shape index (κ3) is 5.40. The molecular weight excluding hydrogens is 288 g/mol. The van der Waals surface area contributed by atoms with E-state index in [-0.39, 0.29) is 11.9 Å². The molecule has 1 unspecified atom stereocenters. The molecule has 4 nitrogen and oxygen atoms in total. The van der Waals surface area contributed by atoms with E-state index in [0.29, 0.717) is 5.56 Å². The van der Waals surface area contributed by atoms with E-state index in [4.69, 9.17) is 4.74 Å². The highest BCUT2D eigenvalue weighted by Crippen LogP contribution is 2.15. The fourth-order valence-electron chi connectivity index (χ4n) is 2.26. The van der Waals surface area contributed by atoms with Gasteiger partial charge in [-0.05, 0) is 55.3 Å². The highest BCUT2D eigenvalue weighted by atomic mass is 16.5. The van der Waals surface area contributed by atoms with Crippen molar-refractivity contribution >= 4 is 5.91 Å². The number of aromatic nitrogens is 1. The Morgan fingerprint density at radius 2 is 1.83 bits per heavy atom. The molecule has 1 heterocycles. The van der Waals surface area contributed by atoms with E-state index in [1.165, 1.54) is 12.8 Å². The van der Waals surface area contributed by atoms with Crippen molar-refractivity contribution in [3.63, 3.8) is 0 Å². The van der Waals surface area contributed by atoms with Gasteiger partial charge < -0.3 is 10.1 Å². The molecule has 4 heteroatoms. The molecule has 0 saturated heterocycles. The molecule has 2 aromatic rings. The highest BCUT2D eigenvalue weighted by Gasteiger charge is 2.11. The molecule has 2 rings (SSSR count). The van der Waals surface area contributed by atoms with Crippen LogP contribution in [0.1, 0.15) is 55.1 Å². The molecule has 0 aliphatic heterocycles. The molecule has 0 spiro atoms. The van der Waals surface area contributed by atoms with Crippen LogP contribution in [0.4, 0.5) is 0 Å². The number of hydrogen-bond donors (Lipinski definition) is 1. The third-order valence-electron chi connectivity index (χ3n) is 3.69. The van der Waals surface area contributed by atoms with Crippen molar-refractivity contribution < 1.29 is 9.53 Å². The lowest BCUT2D eigenvalue weighted by Crippen LogP contribution is -2.26. The fraction of sp³-hybridized carbons (Fsp3) is 0.368. The Bertz CT molecular complexity index is 597. The van der Waals surface area contributed by atoms with E-state index in [0.717, 1.165) is 24.3 Å². The first kappa shape index (κ1) is 17.0. The zero-order chi connectivity index (χ0) is 16.5. The standard InChI is InChI=1S/C19H24N2O2/c1-3-4-5-14-23-18-8-6-17(7-9-18)19(22)21-15(2)16-10-12-20-13-11-16/h6-13,15H,3-5,14H2,1-2H3,(H,21,22). The van der Waals surface area contributed by atoms with Gasteiger partial charge in [-0.25, -0.2) is 0 Å². The summed E-state index contributed by atoms with van der Waals surface area (Å²) in [5.41, 5.74) is 1.66. The lowest BCUT2D eigenvalue weighted by molar-refractivity contribution is 0.0940. The van der Waals surface area contributed by atoms with Gasteiger partial charge in [0.25, 0.3) is 5.91 Å². The van der Waals surface area contributed by atoms with Gasteiger partial charge in [0, 0.05) is 18.0 Å². The van der Waals surface area contributed by atoms with Crippen molar-refractivity contribution in [2.75, 3.05) is 6.61 Å². The highest BCUT2D eigenvalue weighted by molar-refractivity contribution is 5.94. The number of pyridine rings is 1. The normalized spacial score (nSPS) is 11.7. The van der Waals surface area contributed by atoms with Crippen LogP contribution < -0.4 is 10.1 Å². The van der Waals surface area contributed by atoms with E-state index >= 15 is 0 Å². The number of nitrogens with zero attached hydrogens (tertiary/aromatic N) is 1. The Morgan fingerprint density at radius 3 is 2.48 bits per heavy atom. The minimum absolute atomic E-state index is 0.0597. The van der Waals surface area contributed by atoms with Gasteiger partial charge in [-0.3, -0.25) is 9.78 Å². The monoisotopic (exact) mass is 312 g/mol. The number of hydrogen-bond acceptors (Lipinski definition) is 3. The topological polar surface area (TPSA) is 51.2 Å². The Balaban J connectivity index is 1.87. The van der Waals surface area contributed by atoms with Crippen molar-refractivity contribution in [2.24, 2.45) is 0 Å². The molecule has 0 aliphatic rings. The summed E-state index contributed by atoms with van der Waals surface area (Å²) < 4.78 is 5.65. The van der Waals surface area contributed by atoms with E-state index < -0.39 is 0 Å². The zero-order valence-corrected chi connectivity index (χ0v) is 13.8. The summed E-state index contributed by atoms with van der Waals surface area (Å²) in [5, 5.41) is 2.98. The smallest absolute Gasteiger partial charge is 0.251 e. The van der Waals surface area contributed by atoms with Crippen molar-refractivity contribution in [1.29, 1.82) is 0 Å². The lowest BCUT2D eigenvalue weighted by atomic mass is 10.1. The first-order valence-electron chi connectivity index (χ1n) is 8.14. The van der Waals surface area contributed by atoms with E-state index in [9.17, 15) is 4.79 Å². The number of amides is 1. The maximum Gasteiger partial charge on any atom is 0.251 e. The lowest BCUT2D eigenvalue weighted by Gasteiger charge is -2.14. The number of carbonyl (C=O) groups excluding carboxylic acids is 1. The molecule has 1 N–H and O–H groups in total. The van der Waals surface area contributed by atoms with Crippen LogP contribution in [0.5, 0.6) is 5.75 Å². The van der Waals surface area contributed by atoms with Crippen LogP contribution in [-0.2, 0) is 0 Å². The number of ether oxygens (including phenoxy) is 1. The number of carbonyl (C=O) groups is 1. The number of rotatable bonds is 8. The van der Waals surface area contributed by atoms with Gasteiger partial charge in [0.1, 0.15) is 5.75 Å². The molecule has 122 valence electrons. The first-order valence-corrected chi connectivity index (χ1v) is 8.14. The average Bonchev–Trinajstić information content (AvgIpc) is 2.60. The van der Waals surface area contributed by atoms with Crippen molar-refractivity contribution in [1.82, 2.24) is 10.3 Å². The van der Waals surface area contributed by atoms with Crippen LogP contribution in [0, 0.1) is 0 Å². The Hall–Kier alpha value is -2.36. The predicted molar refractivity (Wildman–Crippen MR) is 91.6 cm³/mol. The maximum absolute atomic E-state index is 12.3. The third-order valence-corrected chi connectivity index (χ3v) is 3.69. The molecule has 1 amide bonds. The Labute approximate surface area is 137 Å². The van der Waals surface area contributed by atoms with E-state index in [1.54, 1.807) is 24.5 Å². The number of nitrogens with one attached hydrogen (secondary N) is 1. The van der Waals surface area contributed by atoms with Crippen LogP contribution in [-0.4, -0.2) is 17.5 Å². The van der Waals surface area contributed by atoms with Gasteiger partial charge in [0.05, 0.1) is 12.6 Å². The molecular formula is C19H24N2O2. The second-order valence-electron chi connectivity index (χ2n) is 5.56. The summed E-state index contributed by atoms with van der Waals surface area (Å²) in [6.07, 6.45) is 6.86. The second kappa shape index (κ2) is 8.93. The van der Waals surface area contributed by atoms with Gasteiger partial charge in [0.15, 0.2) is 0 Å². The van der Waals surface area contributed by atoms with Crippen LogP contribution in [0.2, 0.25) is 0 Å². The molecule has 0 fully saturated rings. The molecule has 0 saturated carbocycles. The predicted octanol–water partition coefficient (Wildman–Crippen LogP) is 4.14. The van der Waals surface area contributed by atoms with Gasteiger partial charge in [-0.2, -0.15) is 0 Å². The summed E-state index contributed by atoms with van der Waals surface area (Å²) in [4.78, 5) is 16.3. The Kier molecular flexibility index (Phi) is 6.60. The van der Waals surface area contributed by atoms with Crippen molar-refractivity contribution in [2.45, 2.75) is 39.2 Å². The van der Waals surface area contributed by atoms with Crippen LogP contribution in [0.25, 0.3) is 0 Å². The van der Waals surface area contributed by atoms with Crippen LogP contribution in [0.15, 0.2) is 48.8 Å². The minimum atomic E-state index is -0.0909. The molecule has 1 aromatic heterocycles. The zero-order valence-electron chi connectivity index (χ0n) is 13.8. The van der Waals surface area contributed by atoms with Gasteiger partial charge >= 0.3 is 0 Å². The summed E-state index contributed by atoms with van der Waals surface area (Å²) in [7, 11) is 0. The largest absolute Gasteiger partial charge is 0.494 e. The summed E-state index contributed by atoms with van der Waals surface area (Å²) in [5.74, 6) is 0.715. The van der Waals surface area contributed by atoms with Gasteiger partial charge in [0.2, 0.25) is 0 Å². The molecule has 0 radical (unpaired) electrons. The fourth-order valence-corrected chi connectivity index (χ4v) is 2.26. The van der Waals surface area contributed by atoms with Crippen molar-refractivity contribution in [3.8, 4) is 5.75 Å². The minimum Gasteiger partial charge on any atom is -0.494 e. The van der Waals surface area contributed by atoms with Gasteiger partial charge in [-0.1, -0.05) is 19.8 Å². The van der Waals surface area contributed by atoms with Crippen LogP contribution >= 0.6 is 0 Å². The van der Waals surface area contributed by atoms with E-state index in [2.05, 4.69) is 17.2 Å². The maximum atomic E-state index is 12.3. The molecule has 23 heavy (non-hydrogen) atoms. The summed E-state index contributed by atoms with van der Waals surface area (Å²) in [6, 6.07) is 11.0. The van der Waals surface area contributed by atoms with Crippen LogP contribution in [0.3, 0.4) is 0 Å². The van der Waals surface area contributed by atoms with Gasteiger partial charge in [-0.15, -0.1) is 0 Å². The van der Waals surface area contributed by atoms with Crippen molar-refractivity contribution in [3.05, 3.63) is 59.9 Å². The summed E-state index contributed by atoms with van der Waals surface area (Å²) in [6.45, 7) is 4.84. The molecule has 1 aromatic carbocycles. The second-order valence-corrected chi connectivity index (χ2v) is 5.56. The number of unbranched alkanes of at least 4 members (excludes halogenated alkanes) is 2. The molecule has 1 atom stereocenters. The molecule has 0 bridgehead atoms. The summed E-state index contributed by atoms with van der Waals surface area (Å²) >= 11 is 0. The first-order chi connectivity index (χ1) is 11.2. The van der Waals surface area contributed by atoms with E-state index in [1.807, 2.05) is 31.2 Å². The Morgan fingerprint density at radius 1 is 1.13 bits per heavy atom. The quantitative estimate of drug-likeness (QED) is 0.745.